The van der Waals surface area contributed by atoms with Crippen LogP contribution in [0.2, 0.25) is 0 Å². The highest BCUT2D eigenvalue weighted by molar-refractivity contribution is 9.10. The number of hydrogen-bond acceptors (Lipinski definition) is 2. The van der Waals surface area contributed by atoms with Crippen LogP contribution in [-0.4, -0.2) is 25.8 Å². The third kappa shape index (κ3) is 6.50. The highest BCUT2D eigenvalue weighted by atomic mass is 79.9. The van der Waals surface area contributed by atoms with Gasteiger partial charge >= 0.3 is 0 Å². The number of benzene rings is 1. The van der Waals surface area contributed by atoms with Gasteiger partial charge in [0.1, 0.15) is 0 Å². The minimum atomic E-state index is 0.560. The first-order chi connectivity index (χ1) is 10.1. The Kier molecular flexibility index (Phi) is 7.21. The summed E-state index contributed by atoms with van der Waals surface area (Å²) in [6.07, 6.45) is 4.94. The second kappa shape index (κ2) is 8.92. The van der Waals surface area contributed by atoms with Crippen LogP contribution in [0.4, 0.5) is 0 Å². The van der Waals surface area contributed by atoms with Crippen molar-refractivity contribution < 1.29 is 4.74 Å². The summed E-state index contributed by atoms with van der Waals surface area (Å²) in [5.41, 5.74) is 1.44. The van der Waals surface area contributed by atoms with E-state index in [0.29, 0.717) is 12.0 Å². The first-order valence-corrected chi connectivity index (χ1v) is 8.98. The zero-order valence-corrected chi connectivity index (χ0v) is 14.9. The summed E-state index contributed by atoms with van der Waals surface area (Å²) in [7, 11) is 0. The maximum atomic E-state index is 5.49. The minimum Gasteiger partial charge on any atom is -0.381 e. The number of rotatable bonds is 7. The van der Waals surface area contributed by atoms with Gasteiger partial charge in [-0.3, -0.25) is 0 Å². The van der Waals surface area contributed by atoms with Crippen molar-refractivity contribution >= 4 is 15.9 Å². The van der Waals surface area contributed by atoms with Crippen LogP contribution < -0.4 is 5.32 Å². The predicted octanol–water partition coefficient (Wildman–Crippen LogP) is 4.42. The maximum Gasteiger partial charge on any atom is 0.0468 e. The van der Waals surface area contributed by atoms with Gasteiger partial charge in [0.2, 0.25) is 0 Å². The Balaban J connectivity index is 1.93. The number of nitrogens with one attached hydrogen (secondary N) is 1. The predicted molar refractivity (Wildman–Crippen MR) is 92.6 cm³/mol. The van der Waals surface area contributed by atoms with Crippen LogP contribution in [0, 0.1) is 11.8 Å². The van der Waals surface area contributed by atoms with Crippen LogP contribution in [0.3, 0.4) is 0 Å². The molecule has 2 nitrogen and oxygen atoms in total. The molecule has 0 radical (unpaired) electrons. The monoisotopic (exact) mass is 353 g/mol. The molecule has 1 aliphatic heterocycles. The van der Waals surface area contributed by atoms with E-state index in [1.807, 2.05) is 0 Å². The largest absolute Gasteiger partial charge is 0.381 e. The van der Waals surface area contributed by atoms with Gasteiger partial charge in [-0.15, -0.1) is 0 Å². The van der Waals surface area contributed by atoms with Gasteiger partial charge in [0.25, 0.3) is 0 Å². The van der Waals surface area contributed by atoms with Crippen LogP contribution in [0.15, 0.2) is 28.7 Å². The normalized spacial score (nSPS) is 18.1. The summed E-state index contributed by atoms with van der Waals surface area (Å²) < 4.78 is 6.67. The van der Waals surface area contributed by atoms with Crippen molar-refractivity contribution in [2.75, 3.05) is 19.8 Å². The van der Waals surface area contributed by atoms with Gasteiger partial charge in [0.05, 0.1) is 0 Å². The first kappa shape index (κ1) is 17.0. The van der Waals surface area contributed by atoms with Gasteiger partial charge in [-0.2, -0.15) is 0 Å². The zero-order valence-electron chi connectivity index (χ0n) is 13.3. The van der Waals surface area contributed by atoms with E-state index in [9.17, 15) is 0 Å². The summed E-state index contributed by atoms with van der Waals surface area (Å²) in [4.78, 5) is 0. The molecule has 1 fully saturated rings. The van der Waals surface area contributed by atoms with E-state index in [-0.39, 0.29) is 0 Å². The van der Waals surface area contributed by atoms with Crippen LogP contribution in [0.1, 0.15) is 38.7 Å². The molecule has 1 heterocycles. The Labute approximate surface area is 137 Å². The summed E-state index contributed by atoms with van der Waals surface area (Å²) in [5.74, 6) is 1.55. The molecule has 1 aromatic carbocycles. The second-order valence-electron chi connectivity index (χ2n) is 6.55. The van der Waals surface area contributed by atoms with Crippen molar-refractivity contribution in [3.05, 3.63) is 34.3 Å². The molecule has 1 aromatic rings. The third-order valence-electron chi connectivity index (χ3n) is 4.24. The molecule has 0 spiro atoms. The van der Waals surface area contributed by atoms with Crippen LogP contribution in [-0.2, 0) is 11.2 Å². The fraction of sp³-hybridized carbons (Fsp3) is 0.667. The molecule has 1 saturated heterocycles. The summed E-state index contributed by atoms with van der Waals surface area (Å²) in [5, 5.41) is 3.63. The third-order valence-corrected chi connectivity index (χ3v) is 4.73. The Bertz CT molecular complexity index is 415. The van der Waals surface area contributed by atoms with Crippen molar-refractivity contribution in [2.24, 2.45) is 11.8 Å². The molecule has 21 heavy (non-hydrogen) atoms. The van der Waals surface area contributed by atoms with Crippen molar-refractivity contribution in [3.63, 3.8) is 0 Å². The lowest BCUT2D eigenvalue weighted by molar-refractivity contribution is 0.0584. The molecular weight excluding hydrogens is 326 g/mol. The minimum absolute atomic E-state index is 0.560. The molecule has 0 bridgehead atoms. The van der Waals surface area contributed by atoms with Crippen LogP contribution in [0.25, 0.3) is 0 Å². The lowest BCUT2D eigenvalue weighted by atomic mass is 9.85. The molecule has 3 heteroatoms. The molecule has 118 valence electrons. The molecule has 2 rings (SSSR count). The van der Waals surface area contributed by atoms with Gasteiger partial charge in [0, 0.05) is 23.7 Å². The van der Waals surface area contributed by atoms with Gasteiger partial charge in [-0.05, 0) is 61.8 Å². The van der Waals surface area contributed by atoms with E-state index in [2.05, 4.69) is 59.4 Å². The van der Waals surface area contributed by atoms with Gasteiger partial charge < -0.3 is 10.1 Å². The van der Waals surface area contributed by atoms with Gasteiger partial charge in [-0.1, -0.05) is 41.9 Å². The van der Waals surface area contributed by atoms with Crippen LogP contribution >= 0.6 is 15.9 Å². The SMILES string of the molecule is CC(C)NCC(Cc1cccc(Br)c1)CC1CCOCC1. The van der Waals surface area contributed by atoms with E-state index >= 15 is 0 Å². The zero-order chi connectivity index (χ0) is 15.1. The van der Waals surface area contributed by atoms with Crippen molar-refractivity contribution in [1.29, 1.82) is 0 Å². The van der Waals surface area contributed by atoms with Gasteiger partial charge in [-0.25, -0.2) is 0 Å². The highest BCUT2D eigenvalue weighted by Gasteiger charge is 2.20. The van der Waals surface area contributed by atoms with Gasteiger partial charge in [0.15, 0.2) is 0 Å². The number of hydrogen-bond donors (Lipinski definition) is 1. The van der Waals surface area contributed by atoms with E-state index in [4.69, 9.17) is 4.74 Å². The van der Waals surface area contributed by atoms with E-state index in [1.54, 1.807) is 0 Å². The molecule has 1 unspecified atom stereocenters. The Hall–Kier alpha value is -0.380. The molecule has 0 amide bonds. The first-order valence-electron chi connectivity index (χ1n) is 8.19. The fourth-order valence-corrected chi connectivity index (χ4v) is 3.54. The fourth-order valence-electron chi connectivity index (χ4n) is 3.09. The van der Waals surface area contributed by atoms with Crippen molar-refractivity contribution in [2.45, 2.75) is 45.6 Å². The summed E-state index contributed by atoms with van der Waals surface area (Å²) in [6, 6.07) is 9.30. The van der Waals surface area contributed by atoms with E-state index in [1.165, 1.54) is 29.3 Å². The standard InChI is InChI=1S/C18H28BrNO/c1-14(2)20-13-17(10-15-6-8-21-9-7-15)11-16-4-3-5-18(19)12-16/h3-5,12,14-15,17,20H,6-11,13H2,1-2H3. The average Bonchev–Trinajstić information content (AvgIpc) is 2.46. The van der Waals surface area contributed by atoms with E-state index in [0.717, 1.165) is 32.1 Å². The lowest BCUT2D eigenvalue weighted by Crippen LogP contribution is -2.32. The molecule has 1 N–H and O–H groups in total. The molecule has 1 atom stereocenters. The molecule has 0 aliphatic carbocycles. The quantitative estimate of drug-likeness (QED) is 0.783. The average molecular weight is 354 g/mol. The Morgan fingerprint density at radius 1 is 1.29 bits per heavy atom. The lowest BCUT2D eigenvalue weighted by Gasteiger charge is -2.27. The molecular formula is C18H28BrNO. The second-order valence-corrected chi connectivity index (χ2v) is 7.47. The van der Waals surface area contributed by atoms with Crippen molar-refractivity contribution in [1.82, 2.24) is 5.32 Å². The molecule has 0 saturated carbocycles. The molecule has 0 aromatic heterocycles. The Morgan fingerprint density at radius 3 is 2.71 bits per heavy atom. The maximum absolute atomic E-state index is 5.49. The van der Waals surface area contributed by atoms with Crippen LogP contribution in [0.5, 0.6) is 0 Å². The smallest absolute Gasteiger partial charge is 0.0468 e. The number of ether oxygens (including phenoxy) is 1. The Morgan fingerprint density at radius 2 is 2.05 bits per heavy atom. The topological polar surface area (TPSA) is 21.3 Å². The summed E-state index contributed by atoms with van der Waals surface area (Å²) in [6.45, 7) is 7.47. The summed E-state index contributed by atoms with van der Waals surface area (Å²) >= 11 is 3.58. The highest BCUT2D eigenvalue weighted by Crippen LogP contribution is 2.25. The van der Waals surface area contributed by atoms with E-state index < -0.39 is 0 Å². The molecule has 1 aliphatic rings. The van der Waals surface area contributed by atoms with Crippen molar-refractivity contribution in [3.8, 4) is 0 Å². The number of halogens is 1.